The summed E-state index contributed by atoms with van der Waals surface area (Å²) in [5.41, 5.74) is 6.64. The Morgan fingerprint density at radius 3 is 2.93 bits per heavy atom. The van der Waals surface area contributed by atoms with Crippen LogP contribution in [0.1, 0.15) is 5.56 Å². The van der Waals surface area contributed by atoms with Gasteiger partial charge in [-0.3, -0.25) is 15.0 Å². The fraction of sp³-hybridized carbons (Fsp3) is 0.500. The van der Waals surface area contributed by atoms with E-state index in [-0.39, 0.29) is 16.0 Å². The van der Waals surface area contributed by atoms with Crippen molar-refractivity contribution in [3.8, 4) is 0 Å². The maximum Gasteiger partial charge on any atom is 0.324 e. The Balaban J connectivity index is 1.93. The third-order valence-corrected chi connectivity index (χ3v) is 3.14. The van der Waals surface area contributed by atoms with Gasteiger partial charge in [0.25, 0.3) is 0 Å². The van der Waals surface area contributed by atoms with Crippen molar-refractivity contribution in [1.82, 2.24) is 4.90 Å². The van der Waals surface area contributed by atoms with Crippen LogP contribution in [0.2, 0.25) is 0 Å². The molecule has 0 aliphatic carbocycles. The molecule has 0 unspecified atom stereocenters. The number of nitrogens with zero attached hydrogens (tertiary/aromatic N) is 2. The highest BCUT2D eigenvalue weighted by Crippen LogP contribution is 2.24. The van der Waals surface area contributed by atoms with Gasteiger partial charge >= 0.3 is 5.00 Å². The summed E-state index contributed by atoms with van der Waals surface area (Å²) in [4.78, 5) is 12.2. The zero-order valence-corrected chi connectivity index (χ0v) is 8.37. The molecular weight excluding hydrogens is 202 g/mol. The van der Waals surface area contributed by atoms with E-state index in [2.05, 4.69) is 4.90 Å². The molecule has 14 heavy (non-hydrogen) atoms. The normalized spacial score (nSPS) is 18.1. The third-order valence-electron chi connectivity index (χ3n) is 2.21. The molecule has 0 aromatic carbocycles. The minimum Gasteiger partial charge on any atom is -0.325 e. The number of hydrogen-bond acceptors (Lipinski definition) is 5. The first-order valence-electron chi connectivity index (χ1n) is 4.35. The SMILES string of the molecule is NC1CN(Cc2csc([N+](=O)[O-])c2)C1. The molecule has 2 N–H and O–H groups in total. The van der Waals surface area contributed by atoms with Gasteiger partial charge in [0.15, 0.2) is 0 Å². The highest BCUT2D eigenvalue weighted by Gasteiger charge is 2.23. The average Bonchev–Trinajstić information content (AvgIpc) is 2.50. The Morgan fingerprint density at radius 1 is 1.71 bits per heavy atom. The maximum atomic E-state index is 10.4. The first kappa shape index (κ1) is 9.57. The molecule has 0 amide bonds. The molecule has 0 atom stereocenters. The molecule has 1 aliphatic heterocycles. The lowest BCUT2D eigenvalue weighted by atomic mass is 10.1. The van der Waals surface area contributed by atoms with Gasteiger partial charge in [0.05, 0.1) is 4.92 Å². The molecule has 1 aromatic rings. The highest BCUT2D eigenvalue weighted by molar-refractivity contribution is 7.13. The Bertz CT molecular complexity index is 346. The van der Waals surface area contributed by atoms with E-state index in [0.717, 1.165) is 25.2 Å². The fourth-order valence-electron chi connectivity index (χ4n) is 1.54. The summed E-state index contributed by atoms with van der Waals surface area (Å²) in [6.45, 7) is 2.56. The van der Waals surface area contributed by atoms with Gasteiger partial charge in [0.1, 0.15) is 0 Å². The number of likely N-dealkylation sites (tertiary alicyclic amines) is 1. The molecule has 1 aromatic heterocycles. The summed E-state index contributed by atoms with van der Waals surface area (Å²) in [7, 11) is 0. The zero-order chi connectivity index (χ0) is 10.1. The lowest BCUT2D eigenvalue weighted by Gasteiger charge is -2.36. The van der Waals surface area contributed by atoms with E-state index in [1.165, 1.54) is 11.3 Å². The lowest BCUT2D eigenvalue weighted by molar-refractivity contribution is -0.380. The molecule has 0 radical (unpaired) electrons. The van der Waals surface area contributed by atoms with Crippen molar-refractivity contribution in [1.29, 1.82) is 0 Å². The largest absolute Gasteiger partial charge is 0.325 e. The summed E-state index contributed by atoms with van der Waals surface area (Å²) < 4.78 is 0. The minimum absolute atomic E-state index is 0.213. The second-order valence-corrected chi connectivity index (χ2v) is 4.39. The van der Waals surface area contributed by atoms with Crippen molar-refractivity contribution in [2.75, 3.05) is 13.1 Å². The van der Waals surface area contributed by atoms with E-state index < -0.39 is 0 Å². The molecule has 0 spiro atoms. The summed E-state index contributed by atoms with van der Waals surface area (Å²) in [5, 5.41) is 12.5. The van der Waals surface area contributed by atoms with E-state index in [1.807, 2.05) is 5.38 Å². The number of thiophene rings is 1. The van der Waals surface area contributed by atoms with Crippen LogP contribution < -0.4 is 5.73 Å². The van der Waals surface area contributed by atoms with Crippen LogP contribution in [0, 0.1) is 10.1 Å². The Hall–Kier alpha value is -0.980. The van der Waals surface area contributed by atoms with Crippen molar-refractivity contribution < 1.29 is 4.92 Å². The number of nitro groups is 1. The Kier molecular flexibility index (Phi) is 2.49. The van der Waals surface area contributed by atoms with E-state index in [0.29, 0.717) is 0 Å². The topological polar surface area (TPSA) is 72.4 Å². The van der Waals surface area contributed by atoms with Crippen LogP contribution in [-0.2, 0) is 6.54 Å². The van der Waals surface area contributed by atoms with E-state index in [1.54, 1.807) is 6.07 Å². The van der Waals surface area contributed by atoms with Gasteiger partial charge < -0.3 is 5.73 Å². The minimum atomic E-state index is -0.351. The molecule has 2 heterocycles. The predicted octanol–water partition coefficient (Wildman–Crippen LogP) is 0.799. The van der Waals surface area contributed by atoms with Gasteiger partial charge in [-0.1, -0.05) is 11.3 Å². The van der Waals surface area contributed by atoms with Crippen molar-refractivity contribution in [2.24, 2.45) is 5.73 Å². The number of rotatable bonds is 3. The van der Waals surface area contributed by atoms with Crippen LogP contribution in [0.15, 0.2) is 11.4 Å². The van der Waals surface area contributed by atoms with Gasteiger partial charge in [0, 0.05) is 37.1 Å². The van der Waals surface area contributed by atoms with Crippen molar-refractivity contribution in [3.63, 3.8) is 0 Å². The number of hydrogen-bond donors (Lipinski definition) is 1. The van der Waals surface area contributed by atoms with Crippen LogP contribution >= 0.6 is 11.3 Å². The third kappa shape index (κ3) is 1.92. The van der Waals surface area contributed by atoms with Crippen LogP contribution in [-0.4, -0.2) is 29.0 Å². The standard InChI is InChI=1S/C8H11N3O2S/c9-7-3-10(4-7)2-6-1-8(11(12)13)14-5-6/h1,5,7H,2-4,9H2. The smallest absolute Gasteiger partial charge is 0.324 e. The Labute approximate surface area is 85.3 Å². The van der Waals surface area contributed by atoms with Crippen LogP contribution in [0.25, 0.3) is 0 Å². The quantitative estimate of drug-likeness (QED) is 0.595. The van der Waals surface area contributed by atoms with Crippen molar-refractivity contribution in [3.05, 3.63) is 27.1 Å². The van der Waals surface area contributed by atoms with Gasteiger partial charge in [-0.25, -0.2) is 0 Å². The molecule has 5 nitrogen and oxygen atoms in total. The van der Waals surface area contributed by atoms with Crippen LogP contribution in [0.4, 0.5) is 5.00 Å². The first-order valence-corrected chi connectivity index (χ1v) is 5.23. The molecule has 76 valence electrons. The van der Waals surface area contributed by atoms with E-state index >= 15 is 0 Å². The Morgan fingerprint density at radius 2 is 2.43 bits per heavy atom. The number of nitrogens with two attached hydrogens (primary N) is 1. The van der Waals surface area contributed by atoms with Crippen molar-refractivity contribution in [2.45, 2.75) is 12.6 Å². The predicted molar refractivity (Wildman–Crippen MR) is 54.2 cm³/mol. The summed E-state index contributed by atoms with van der Waals surface area (Å²) in [6.07, 6.45) is 0. The van der Waals surface area contributed by atoms with Crippen molar-refractivity contribution >= 4 is 16.3 Å². The zero-order valence-electron chi connectivity index (χ0n) is 7.55. The van der Waals surface area contributed by atoms with E-state index in [4.69, 9.17) is 5.73 Å². The molecule has 1 fully saturated rings. The highest BCUT2D eigenvalue weighted by atomic mass is 32.1. The maximum absolute atomic E-state index is 10.4. The van der Waals surface area contributed by atoms with Gasteiger partial charge in [-0.05, 0) is 5.56 Å². The summed E-state index contributed by atoms with van der Waals surface area (Å²) in [6, 6.07) is 1.91. The molecule has 1 saturated heterocycles. The molecule has 2 rings (SSSR count). The first-order chi connectivity index (χ1) is 6.65. The van der Waals surface area contributed by atoms with Gasteiger partial charge in [-0.2, -0.15) is 0 Å². The van der Waals surface area contributed by atoms with Gasteiger partial charge in [0.2, 0.25) is 0 Å². The van der Waals surface area contributed by atoms with Crippen LogP contribution in [0.3, 0.4) is 0 Å². The van der Waals surface area contributed by atoms with Gasteiger partial charge in [-0.15, -0.1) is 0 Å². The summed E-state index contributed by atoms with van der Waals surface area (Å²) >= 11 is 1.18. The van der Waals surface area contributed by atoms with E-state index in [9.17, 15) is 10.1 Å². The lowest BCUT2D eigenvalue weighted by Crippen LogP contribution is -2.54. The second-order valence-electron chi connectivity index (χ2n) is 3.50. The molecule has 0 bridgehead atoms. The molecule has 6 heteroatoms. The molecule has 1 aliphatic rings. The fourth-order valence-corrected chi connectivity index (χ4v) is 2.26. The molecule has 0 saturated carbocycles. The molecular formula is C8H11N3O2S. The average molecular weight is 213 g/mol. The second kappa shape index (κ2) is 3.64. The monoisotopic (exact) mass is 213 g/mol. The van der Waals surface area contributed by atoms with Crippen LogP contribution in [0.5, 0.6) is 0 Å². The summed E-state index contributed by atoms with van der Waals surface area (Å²) in [5.74, 6) is 0.